The second-order valence-electron chi connectivity index (χ2n) is 3.27. The molecule has 0 aliphatic carbocycles. The molecule has 0 spiro atoms. The van der Waals surface area contributed by atoms with Gasteiger partial charge in [0.2, 0.25) is 0 Å². The van der Waals surface area contributed by atoms with Crippen LogP contribution in [-0.2, 0) is 4.74 Å². The molecular weight excluding hydrogens is 232 g/mol. The molecule has 16 heavy (non-hydrogen) atoms. The van der Waals surface area contributed by atoms with Crippen LogP contribution in [0.2, 0.25) is 0 Å². The molecule has 6 heteroatoms. The van der Waals surface area contributed by atoms with Crippen molar-refractivity contribution >= 4 is 17.5 Å². The van der Waals surface area contributed by atoms with Crippen molar-refractivity contribution < 1.29 is 14.1 Å². The summed E-state index contributed by atoms with van der Waals surface area (Å²) in [5.41, 5.74) is 0.473. The Morgan fingerprint density at radius 2 is 2.38 bits per heavy atom. The molecule has 0 atom stereocenters. The van der Waals surface area contributed by atoms with Crippen molar-refractivity contribution in [1.82, 2.24) is 10.1 Å². The summed E-state index contributed by atoms with van der Waals surface area (Å²) in [5, 5.41) is 3.58. The van der Waals surface area contributed by atoms with E-state index in [4.69, 9.17) is 20.9 Å². The highest BCUT2D eigenvalue weighted by atomic mass is 35.5. The minimum absolute atomic E-state index is 0.128. The Balaban J connectivity index is 2.70. The van der Waals surface area contributed by atoms with Crippen molar-refractivity contribution in [2.24, 2.45) is 0 Å². The van der Waals surface area contributed by atoms with Crippen molar-refractivity contribution in [2.75, 3.05) is 32.7 Å². The van der Waals surface area contributed by atoms with Crippen LogP contribution in [-0.4, -0.2) is 48.6 Å². The number of hydrogen-bond acceptors (Lipinski definition) is 4. The average molecular weight is 247 g/mol. The first-order valence-corrected chi connectivity index (χ1v) is 5.49. The van der Waals surface area contributed by atoms with Crippen LogP contribution in [0.1, 0.15) is 16.1 Å². The number of carbonyl (C=O) groups excluding carboxylic acids is 1. The first-order chi connectivity index (χ1) is 7.70. The number of hydrogen-bond donors (Lipinski definition) is 0. The van der Waals surface area contributed by atoms with E-state index in [0.717, 1.165) is 0 Å². The standard InChI is InChI=1S/C10H15ClN2O3/c1-8-9(7-12-16-8)10(14)13(4-3-11)5-6-15-2/h7H,3-6H2,1-2H3. The molecule has 5 nitrogen and oxygen atoms in total. The number of rotatable bonds is 6. The normalized spacial score (nSPS) is 10.4. The van der Waals surface area contributed by atoms with E-state index in [1.54, 1.807) is 18.9 Å². The van der Waals surface area contributed by atoms with Crippen molar-refractivity contribution in [2.45, 2.75) is 6.92 Å². The van der Waals surface area contributed by atoms with Crippen LogP contribution in [0.15, 0.2) is 10.7 Å². The number of aryl methyl sites for hydroxylation is 1. The van der Waals surface area contributed by atoms with E-state index in [0.29, 0.717) is 36.9 Å². The van der Waals surface area contributed by atoms with Gasteiger partial charge in [0.1, 0.15) is 11.3 Å². The number of aromatic nitrogens is 1. The van der Waals surface area contributed by atoms with Crippen LogP contribution in [0.5, 0.6) is 0 Å². The maximum atomic E-state index is 12.0. The van der Waals surface area contributed by atoms with Gasteiger partial charge in [0.05, 0.1) is 12.8 Å². The fourth-order valence-corrected chi connectivity index (χ4v) is 1.50. The molecule has 90 valence electrons. The zero-order valence-corrected chi connectivity index (χ0v) is 10.2. The van der Waals surface area contributed by atoms with Crippen molar-refractivity contribution in [1.29, 1.82) is 0 Å². The number of methoxy groups -OCH3 is 1. The second-order valence-corrected chi connectivity index (χ2v) is 3.65. The predicted octanol–water partition coefficient (Wildman–Crippen LogP) is 1.31. The number of carbonyl (C=O) groups is 1. The molecule has 0 unspecified atom stereocenters. The summed E-state index contributed by atoms with van der Waals surface area (Å²) in [7, 11) is 1.59. The second kappa shape index (κ2) is 6.50. The highest BCUT2D eigenvalue weighted by Gasteiger charge is 2.19. The Labute approximate surface area is 99.3 Å². The van der Waals surface area contributed by atoms with Gasteiger partial charge in [0.25, 0.3) is 5.91 Å². The van der Waals surface area contributed by atoms with Crippen LogP contribution in [0.4, 0.5) is 0 Å². The SMILES string of the molecule is COCCN(CCCl)C(=O)c1cnoc1C. The van der Waals surface area contributed by atoms with Gasteiger partial charge in [0.15, 0.2) is 0 Å². The van der Waals surface area contributed by atoms with E-state index in [2.05, 4.69) is 5.16 Å². The molecule has 0 fully saturated rings. The summed E-state index contributed by atoms with van der Waals surface area (Å²) in [6.45, 7) is 3.17. The molecule has 0 bridgehead atoms. The lowest BCUT2D eigenvalue weighted by Gasteiger charge is -2.20. The number of nitrogens with zero attached hydrogens (tertiary/aromatic N) is 2. The van der Waals surface area contributed by atoms with Gasteiger partial charge in [0, 0.05) is 26.1 Å². The maximum absolute atomic E-state index is 12.0. The van der Waals surface area contributed by atoms with Gasteiger partial charge in [-0.1, -0.05) is 5.16 Å². The third-order valence-electron chi connectivity index (χ3n) is 2.19. The molecule has 1 heterocycles. The Bertz CT molecular complexity index is 341. The molecule has 0 aliphatic heterocycles. The van der Waals surface area contributed by atoms with Crippen LogP contribution in [0.25, 0.3) is 0 Å². The Hall–Kier alpha value is -1.07. The number of ether oxygens (including phenoxy) is 1. The van der Waals surface area contributed by atoms with E-state index < -0.39 is 0 Å². The number of alkyl halides is 1. The van der Waals surface area contributed by atoms with Crippen molar-refractivity contribution in [3.8, 4) is 0 Å². The van der Waals surface area contributed by atoms with E-state index in [1.165, 1.54) is 6.20 Å². The lowest BCUT2D eigenvalue weighted by Crippen LogP contribution is -2.35. The minimum atomic E-state index is -0.128. The highest BCUT2D eigenvalue weighted by molar-refractivity contribution is 6.18. The molecule has 1 aromatic heterocycles. The Kier molecular flexibility index (Phi) is 5.28. The zero-order chi connectivity index (χ0) is 12.0. The molecule has 0 N–H and O–H groups in total. The van der Waals surface area contributed by atoms with Gasteiger partial charge >= 0.3 is 0 Å². The fraction of sp³-hybridized carbons (Fsp3) is 0.600. The lowest BCUT2D eigenvalue weighted by molar-refractivity contribution is 0.0706. The van der Waals surface area contributed by atoms with Gasteiger partial charge in [-0.05, 0) is 6.92 Å². The first-order valence-electron chi connectivity index (χ1n) is 4.96. The molecule has 0 aliphatic rings. The van der Waals surface area contributed by atoms with Crippen LogP contribution in [0.3, 0.4) is 0 Å². The molecule has 1 amide bonds. The number of halogens is 1. The molecule has 1 aromatic rings. The highest BCUT2D eigenvalue weighted by Crippen LogP contribution is 2.09. The Morgan fingerprint density at radius 1 is 1.62 bits per heavy atom. The summed E-state index contributed by atoms with van der Waals surface area (Å²) in [4.78, 5) is 13.7. The third-order valence-corrected chi connectivity index (χ3v) is 2.36. The molecule has 0 saturated carbocycles. The van der Waals surface area contributed by atoms with E-state index in [9.17, 15) is 4.79 Å². The van der Waals surface area contributed by atoms with E-state index in [-0.39, 0.29) is 5.91 Å². The van der Waals surface area contributed by atoms with E-state index in [1.807, 2.05) is 0 Å². The van der Waals surface area contributed by atoms with Crippen LogP contribution in [0, 0.1) is 6.92 Å². The quantitative estimate of drug-likeness (QED) is 0.711. The van der Waals surface area contributed by atoms with Gasteiger partial charge in [-0.3, -0.25) is 4.79 Å². The smallest absolute Gasteiger partial charge is 0.259 e. The maximum Gasteiger partial charge on any atom is 0.259 e. The summed E-state index contributed by atoms with van der Waals surface area (Å²) in [6, 6.07) is 0. The fourth-order valence-electron chi connectivity index (χ4n) is 1.29. The van der Waals surface area contributed by atoms with E-state index >= 15 is 0 Å². The van der Waals surface area contributed by atoms with Gasteiger partial charge in [-0.25, -0.2) is 0 Å². The predicted molar refractivity (Wildman–Crippen MR) is 59.7 cm³/mol. The monoisotopic (exact) mass is 246 g/mol. The van der Waals surface area contributed by atoms with Gasteiger partial charge < -0.3 is 14.2 Å². The van der Waals surface area contributed by atoms with Crippen molar-refractivity contribution in [3.05, 3.63) is 17.5 Å². The topological polar surface area (TPSA) is 55.6 Å². The lowest BCUT2D eigenvalue weighted by atomic mass is 10.2. The van der Waals surface area contributed by atoms with Crippen molar-refractivity contribution in [3.63, 3.8) is 0 Å². The Morgan fingerprint density at radius 3 is 2.88 bits per heavy atom. The molecule has 1 rings (SSSR count). The third kappa shape index (κ3) is 3.21. The molecule has 0 radical (unpaired) electrons. The summed E-state index contributed by atoms with van der Waals surface area (Å²) < 4.78 is 9.80. The van der Waals surface area contributed by atoms with Gasteiger partial charge in [-0.15, -0.1) is 11.6 Å². The largest absolute Gasteiger partial charge is 0.383 e. The van der Waals surface area contributed by atoms with Gasteiger partial charge in [-0.2, -0.15) is 0 Å². The first kappa shape index (κ1) is 13.0. The summed E-state index contributed by atoms with van der Waals surface area (Å²) in [5.74, 6) is 0.776. The van der Waals surface area contributed by atoms with Crippen LogP contribution < -0.4 is 0 Å². The average Bonchev–Trinajstić information content (AvgIpc) is 2.69. The number of amides is 1. The molecule has 0 aromatic carbocycles. The summed E-state index contributed by atoms with van der Waals surface area (Å²) in [6.07, 6.45) is 1.42. The molecule has 0 saturated heterocycles. The molecular formula is C10H15ClN2O3. The van der Waals surface area contributed by atoms with Crippen LogP contribution >= 0.6 is 11.6 Å². The zero-order valence-electron chi connectivity index (χ0n) is 9.40. The minimum Gasteiger partial charge on any atom is -0.383 e. The summed E-state index contributed by atoms with van der Waals surface area (Å²) >= 11 is 5.65.